The number of nitrogens with two attached hydrogens (primary N) is 1. The van der Waals surface area contributed by atoms with Gasteiger partial charge in [0.15, 0.2) is 0 Å². The highest BCUT2D eigenvalue weighted by atomic mass is 16.2. The third kappa shape index (κ3) is 4.96. The van der Waals surface area contributed by atoms with Crippen LogP contribution in [-0.2, 0) is 0 Å². The van der Waals surface area contributed by atoms with Gasteiger partial charge in [0.05, 0.1) is 0 Å². The molecule has 0 rings (SSSR count). The van der Waals surface area contributed by atoms with Crippen LogP contribution in [0, 0.1) is 0 Å². The monoisotopic (exact) mass is 216 g/mol. The lowest BCUT2D eigenvalue weighted by molar-refractivity contribution is 0.101. The smallest absolute Gasteiger partial charge is 0.0431 e. The van der Waals surface area contributed by atoms with Gasteiger partial charge in [0.2, 0.25) is 0 Å². The minimum Gasteiger partial charge on any atom is -0.396 e. The molecule has 0 fully saturated rings. The van der Waals surface area contributed by atoms with Crippen LogP contribution in [0.4, 0.5) is 0 Å². The molecule has 0 aromatic rings. The number of rotatable bonds is 9. The van der Waals surface area contributed by atoms with Crippen molar-refractivity contribution in [3.63, 3.8) is 0 Å². The van der Waals surface area contributed by atoms with Crippen molar-refractivity contribution >= 4 is 0 Å². The molecule has 0 saturated carbocycles. The van der Waals surface area contributed by atoms with Crippen molar-refractivity contribution in [2.24, 2.45) is 5.73 Å². The van der Waals surface area contributed by atoms with Crippen molar-refractivity contribution < 1.29 is 5.11 Å². The maximum atomic E-state index is 8.78. The van der Waals surface area contributed by atoms with Gasteiger partial charge in [-0.25, -0.2) is 0 Å². The van der Waals surface area contributed by atoms with Gasteiger partial charge in [-0.2, -0.15) is 0 Å². The zero-order chi connectivity index (χ0) is 11.7. The molecule has 0 aliphatic carbocycles. The van der Waals surface area contributed by atoms with Gasteiger partial charge >= 0.3 is 0 Å². The van der Waals surface area contributed by atoms with Crippen molar-refractivity contribution in [3.05, 3.63) is 0 Å². The molecule has 0 amide bonds. The van der Waals surface area contributed by atoms with E-state index in [2.05, 4.69) is 25.7 Å². The second-order valence-electron chi connectivity index (χ2n) is 4.47. The van der Waals surface area contributed by atoms with Gasteiger partial charge in [0.1, 0.15) is 0 Å². The SMILES string of the molecule is CCCN(CCCCO)C(C)(CC)CN. The summed E-state index contributed by atoms with van der Waals surface area (Å²) in [6.07, 6.45) is 4.20. The van der Waals surface area contributed by atoms with Gasteiger partial charge < -0.3 is 10.8 Å². The second-order valence-corrected chi connectivity index (χ2v) is 4.47. The molecule has 1 unspecified atom stereocenters. The summed E-state index contributed by atoms with van der Waals surface area (Å²) in [7, 11) is 0. The van der Waals surface area contributed by atoms with Crippen LogP contribution < -0.4 is 5.73 Å². The lowest BCUT2D eigenvalue weighted by atomic mass is 9.95. The normalized spacial score (nSPS) is 15.6. The number of aliphatic hydroxyl groups is 1. The second kappa shape index (κ2) is 8.08. The third-order valence-corrected chi connectivity index (χ3v) is 3.29. The molecule has 15 heavy (non-hydrogen) atoms. The van der Waals surface area contributed by atoms with Crippen molar-refractivity contribution in [1.82, 2.24) is 4.90 Å². The first kappa shape index (κ1) is 14.9. The average Bonchev–Trinajstić information content (AvgIpc) is 2.27. The summed E-state index contributed by atoms with van der Waals surface area (Å²) in [6, 6.07) is 0. The zero-order valence-corrected chi connectivity index (χ0v) is 10.6. The Morgan fingerprint density at radius 2 is 1.87 bits per heavy atom. The number of nitrogens with zero attached hydrogens (tertiary/aromatic N) is 1. The minimum absolute atomic E-state index is 0.130. The molecular formula is C12H28N2O. The van der Waals surface area contributed by atoms with Crippen LogP contribution in [0.25, 0.3) is 0 Å². The predicted octanol–water partition coefficient (Wildman–Crippen LogP) is 1.60. The van der Waals surface area contributed by atoms with Gasteiger partial charge in [-0.3, -0.25) is 4.90 Å². The molecule has 3 nitrogen and oxygen atoms in total. The van der Waals surface area contributed by atoms with E-state index < -0.39 is 0 Å². The molecule has 92 valence electrons. The fourth-order valence-electron chi connectivity index (χ4n) is 1.83. The highest BCUT2D eigenvalue weighted by Gasteiger charge is 2.27. The molecule has 3 N–H and O–H groups in total. The molecule has 0 saturated heterocycles. The first-order chi connectivity index (χ1) is 7.14. The average molecular weight is 216 g/mol. The molecule has 0 bridgehead atoms. The van der Waals surface area contributed by atoms with E-state index in [0.717, 1.165) is 38.8 Å². The Morgan fingerprint density at radius 1 is 1.20 bits per heavy atom. The van der Waals surface area contributed by atoms with Gasteiger partial charge in [0, 0.05) is 18.7 Å². The van der Waals surface area contributed by atoms with Crippen LogP contribution >= 0.6 is 0 Å². The molecule has 3 heteroatoms. The van der Waals surface area contributed by atoms with Crippen LogP contribution in [0.3, 0.4) is 0 Å². The summed E-state index contributed by atoms with van der Waals surface area (Å²) in [4.78, 5) is 2.47. The molecule has 0 radical (unpaired) electrons. The lowest BCUT2D eigenvalue weighted by Gasteiger charge is -2.40. The van der Waals surface area contributed by atoms with Crippen LogP contribution in [0.2, 0.25) is 0 Å². The van der Waals surface area contributed by atoms with E-state index in [-0.39, 0.29) is 5.54 Å². The molecule has 1 atom stereocenters. The first-order valence-corrected chi connectivity index (χ1v) is 6.20. The van der Waals surface area contributed by atoms with Crippen LogP contribution in [0.15, 0.2) is 0 Å². The molecular weight excluding hydrogens is 188 g/mol. The Balaban J connectivity index is 4.21. The predicted molar refractivity (Wildman–Crippen MR) is 65.9 cm³/mol. The summed E-state index contributed by atoms with van der Waals surface area (Å²) >= 11 is 0. The zero-order valence-electron chi connectivity index (χ0n) is 10.6. The van der Waals surface area contributed by atoms with Crippen molar-refractivity contribution in [2.45, 2.75) is 52.0 Å². The first-order valence-electron chi connectivity index (χ1n) is 6.20. The van der Waals surface area contributed by atoms with Crippen molar-refractivity contribution in [3.8, 4) is 0 Å². The van der Waals surface area contributed by atoms with Crippen molar-refractivity contribution in [2.75, 3.05) is 26.2 Å². The third-order valence-electron chi connectivity index (χ3n) is 3.29. The van der Waals surface area contributed by atoms with E-state index in [0.29, 0.717) is 13.2 Å². The molecule has 0 aromatic carbocycles. The summed E-state index contributed by atoms with van der Waals surface area (Å²) in [5, 5.41) is 8.78. The van der Waals surface area contributed by atoms with E-state index in [1.54, 1.807) is 0 Å². The number of unbranched alkanes of at least 4 members (excludes halogenated alkanes) is 1. The fraction of sp³-hybridized carbons (Fsp3) is 1.00. The van der Waals surface area contributed by atoms with Crippen LogP contribution in [0.5, 0.6) is 0 Å². The Morgan fingerprint density at radius 3 is 2.27 bits per heavy atom. The van der Waals surface area contributed by atoms with Gasteiger partial charge in [0.25, 0.3) is 0 Å². The maximum absolute atomic E-state index is 8.78. The summed E-state index contributed by atoms with van der Waals surface area (Å²) < 4.78 is 0. The van der Waals surface area contributed by atoms with E-state index in [4.69, 9.17) is 10.8 Å². The fourth-order valence-corrected chi connectivity index (χ4v) is 1.83. The van der Waals surface area contributed by atoms with E-state index in [9.17, 15) is 0 Å². The molecule has 0 aliphatic heterocycles. The molecule has 0 aliphatic rings. The van der Waals surface area contributed by atoms with Crippen molar-refractivity contribution in [1.29, 1.82) is 0 Å². The molecule has 0 aromatic heterocycles. The van der Waals surface area contributed by atoms with Gasteiger partial charge in [-0.15, -0.1) is 0 Å². The standard InChI is InChI=1S/C12H28N2O/c1-4-8-14(9-6-7-10-15)12(3,5-2)11-13/h15H,4-11,13H2,1-3H3. The van der Waals surface area contributed by atoms with Crippen LogP contribution in [0.1, 0.15) is 46.5 Å². The highest BCUT2D eigenvalue weighted by molar-refractivity contribution is 4.85. The Kier molecular flexibility index (Phi) is 8.02. The van der Waals surface area contributed by atoms with Gasteiger partial charge in [-0.1, -0.05) is 13.8 Å². The van der Waals surface area contributed by atoms with Crippen LogP contribution in [-0.4, -0.2) is 41.8 Å². The van der Waals surface area contributed by atoms with E-state index >= 15 is 0 Å². The minimum atomic E-state index is 0.130. The van der Waals surface area contributed by atoms with E-state index in [1.165, 1.54) is 0 Å². The summed E-state index contributed by atoms with van der Waals surface area (Å²) in [6.45, 7) is 9.80. The quantitative estimate of drug-likeness (QED) is 0.576. The number of hydrogen-bond acceptors (Lipinski definition) is 3. The Hall–Kier alpha value is -0.120. The number of hydrogen-bond donors (Lipinski definition) is 2. The lowest BCUT2D eigenvalue weighted by Crippen LogP contribution is -2.51. The molecule has 0 spiro atoms. The highest BCUT2D eigenvalue weighted by Crippen LogP contribution is 2.19. The Labute approximate surface area is 94.6 Å². The molecule has 0 heterocycles. The Bertz CT molecular complexity index is 147. The maximum Gasteiger partial charge on any atom is 0.0431 e. The number of aliphatic hydroxyl groups excluding tert-OH is 1. The topological polar surface area (TPSA) is 49.5 Å². The summed E-state index contributed by atoms with van der Waals surface area (Å²) in [5.74, 6) is 0. The van der Waals surface area contributed by atoms with Gasteiger partial charge in [-0.05, 0) is 45.7 Å². The summed E-state index contributed by atoms with van der Waals surface area (Å²) in [5.41, 5.74) is 5.99. The van der Waals surface area contributed by atoms with E-state index in [1.807, 2.05) is 0 Å². The largest absolute Gasteiger partial charge is 0.396 e.